The van der Waals surface area contributed by atoms with Crippen LogP contribution in [0, 0.1) is 6.92 Å². The van der Waals surface area contributed by atoms with E-state index in [-0.39, 0.29) is 10.8 Å². The summed E-state index contributed by atoms with van der Waals surface area (Å²) in [6.45, 7) is 5.66. The second kappa shape index (κ2) is 7.57. The van der Waals surface area contributed by atoms with Crippen LogP contribution >= 0.6 is 0 Å². The van der Waals surface area contributed by atoms with Crippen molar-refractivity contribution in [3.8, 4) is 0 Å². The van der Waals surface area contributed by atoms with Gasteiger partial charge >= 0.3 is 0 Å². The van der Waals surface area contributed by atoms with Crippen LogP contribution in [0.4, 0.5) is 0 Å². The summed E-state index contributed by atoms with van der Waals surface area (Å²) in [4.78, 5) is 16.0. The molecule has 0 saturated carbocycles. The third-order valence-corrected chi connectivity index (χ3v) is 5.85. The molecule has 0 aliphatic carbocycles. The van der Waals surface area contributed by atoms with Gasteiger partial charge in [-0.15, -0.1) is 0 Å². The number of piperazine rings is 1. The Morgan fingerprint density at radius 3 is 2.38 bits per heavy atom. The number of amides is 1. The first kappa shape index (κ1) is 18.6. The van der Waals surface area contributed by atoms with E-state index in [2.05, 4.69) is 12.1 Å². The van der Waals surface area contributed by atoms with E-state index in [4.69, 9.17) is 5.14 Å². The molecule has 2 aromatic carbocycles. The number of nitrogens with two attached hydrogens (primary N) is 1. The Morgan fingerprint density at radius 1 is 1.12 bits per heavy atom. The largest absolute Gasteiger partial charge is 0.328 e. The topological polar surface area (TPSA) is 84.9 Å². The summed E-state index contributed by atoms with van der Waals surface area (Å²) in [6.07, 6.45) is 0. The van der Waals surface area contributed by atoms with Gasteiger partial charge in [0, 0.05) is 11.1 Å². The first-order chi connectivity index (χ1) is 12.3. The number of aryl methyl sites for hydroxylation is 1. The Labute approximate surface area is 154 Å². The predicted molar refractivity (Wildman–Crippen MR) is 99.3 cm³/mol. The van der Waals surface area contributed by atoms with Crippen LogP contribution in [0.15, 0.2) is 53.4 Å². The number of hydrogen-bond acceptors (Lipinski definition) is 3. The number of hydrogen-bond donors (Lipinski definition) is 2. The van der Waals surface area contributed by atoms with Gasteiger partial charge in [-0.25, -0.2) is 13.6 Å². The molecule has 1 aliphatic heterocycles. The van der Waals surface area contributed by atoms with Crippen molar-refractivity contribution in [1.82, 2.24) is 4.90 Å². The molecule has 138 valence electrons. The summed E-state index contributed by atoms with van der Waals surface area (Å²) >= 11 is 0. The Kier molecular flexibility index (Phi) is 5.41. The van der Waals surface area contributed by atoms with Crippen LogP contribution in [0.2, 0.25) is 0 Å². The van der Waals surface area contributed by atoms with E-state index in [1.54, 1.807) is 24.0 Å². The maximum atomic E-state index is 12.7. The van der Waals surface area contributed by atoms with Crippen LogP contribution in [-0.4, -0.2) is 45.4 Å². The van der Waals surface area contributed by atoms with Gasteiger partial charge in [-0.1, -0.05) is 36.4 Å². The predicted octanol–water partition coefficient (Wildman–Crippen LogP) is 0.183. The maximum absolute atomic E-state index is 12.7. The zero-order valence-corrected chi connectivity index (χ0v) is 15.6. The molecule has 1 heterocycles. The molecular weight excluding hydrogens is 350 g/mol. The molecule has 6 nitrogen and oxygen atoms in total. The Hall–Kier alpha value is -2.22. The molecule has 0 spiro atoms. The molecule has 26 heavy (non-hydrogen) atoms. The van der Waals surface area contributed by atoms with Gasteiger partial charge in [0.15, 0.2) is 0 Å². The van der Waals surface area contributed by atoms with Crippen molar-refractivity contribution in [2.75, 3.05) is 26.2 Å². The highest BCUT2D eigenvalue weighted by Gasteiger charge is 2.25. The summed E-state index contributed by atoms with van der Waals surface area (Å²) in [5.41, 5.74) is 2.20. The summed E-state index contributed by atoms with van der Waals surface area (Å²) in [6, 6.07) is 15.0. The number of primary sulfonamides is 1. The van der Waals surface area contributed by atoms with Gasteiger partial charge < -0.3 is 9.80 Å². The summed E-state index contributed by atoms with van der Waals surface area (Å²) < 4.78 is 23.3. The van der Waals surface area contributed by atoms with Crippen molar-refractivity contribution in [3.63, 3.8) is 0 Å². The van der Waals surface area contributed by atoms with Gasteiger partial charge in [-0.2, -0.15) is 0 Å². The number of nitrogens with one attached hydrogen (secondary N) is 1. The smallest absolute Gasteiger partial charge is 0.254 e. The lowest BCUT2D eigenvalue weighted by molar-refractivity contribution is -0.917. The summed E-state index contributed by atoms with van der Waals surface area (Å²) in [7, 11) is -3.84. The highest BCUT2D eigenvalue weighted by molar-refractivity contribution is 7.89. The van der Waals surface area contributed by atoms with Crippen LogP contribution in [-0.2, 0) is 16.6 Å². The standard InChI is InChI=1S/C19H23N3O3S/c1-15-7-8-17(13-18(15)26(20,24)25)19(23)22-11-9-21(10-12-22)14-16-5-3-2-4-6-16/h2-8,13H,9-12,14H2,1H3,(H2,20,24,25)/p+1. The quantitative estimate of drug-likeness (QED) is 0.801. The van der Waals surface area contributed by atoms with Crippen LogP contribution in [0.1, 0.15) is 21.5 Å². The van der Waals surface area contributed by atoms with Crippen molar-refractivity contribution in [1.29, 1.82) is 0 Å². The average molecular weight is 374 g/mol. The monoisotopic (exact) mass is 374 g/mol. The van der Waals surface area contributed by atoms with E-state index in [0.717, 1.165) is 19.6 Å². The maximum Gasteiger partial charge on any atom is 0.254 e. The molecule has 7 heteroatoms. The number of carbonyl (C=O) groups excluding carboxylic acids is 1. The fraction of sp³-hybridized carbons (Fsp3) is 0.316. The van der Waals surface area contributed by atoms with E-state index in [1.165, 1.54) is 16.5 Å². The minimum absolute atomic E-state index is 0.0108. The number of quaternary nitrogens is 1. The van der Waals surface area contributed by atoms with E-state index < -0.39 is 10.0 Å². The molecule has 1 amide bonds. The molecule has 3 rings (SSSR count). The van der Waals surface area contributed by atoms with Gasteiger partial charge in [0.05, 0.1) is 31.1 Å². The second-order valence-electron chi connectivity index (χ2n) is 6.73. The molecule has 1 aliphatic rings. The molecule has 3 N–H and O–H groups in total. The number of sulfonamides is 1. The lowest BCUT2D eigenvalue weighted by Crippen LogP contribution is -3.13. The number of carbonyl (C=O) groups is 1. The highest BCUT2D eigenvalue weighted by Crippen LogP contribution is 2.17. The van der Waals surface area contributed by atoms with Gasteiger partial charge in [0.2, 0.25) is 10.0 Å². The zero-order valence-electron chi connectivity index (χ0n) is 14.8. The summed E-state index contributed by atoms with van der Waals surface area (Å²) in [5.74, 6) is -0.145. The zero-order chi connectivity index (χ0) is 18.7. The Morgan fingerprint density at radius 2 is 1.77 bits per heavy atom. The fourth-order valence-corrected chi connectivity index (χ4v) is 4.12. The van der Waals surface area contributed by atoms with Crippen LogP contribution in [0.25, 0.3) is 0 Å². The van der Waals surface area contributed by atoms with E-state index in [1.807, 2.05) is 18.2 Å². The molecule has 0 aromatic heterocycles. The van der Waals surface area contributed by atoms with E-state index in [0.29, 0.717) is 24.2 Å². The normalized spacial score (nSPS) is 15.8. The van der Waals surface area contributed by atoms with Gasteiger partial charge in [0.25, 0.3) is 5.91 Å². The third kappa shape index (κ3) is 4.30. The lowest BCUT2D eigenvalue weighted by Gasteiger charge is -2.32. The minimum atomic E-state index is -3.84. The van der Waals surface area contributed by atoms with E-state index in [9.17, 15) is 13.2 Å². The molecule has 0 unspecified atom stereocenters. The van der Waals surface area contributed by atoms with Crippen molar-refractivity contribution < 1.29 is 18.1 Å². The molecule has 0 atom stereocenters. The lowest BCUT2D eigenvalue weighted by atomic mass is 10.1. The molecule has 0 radical (unpaired) electrons. The second-order valence-corrected chi connectivity index (χ2v) is 8.26. The van der Waals surface area contributed by atoms with Gasteiger partial charge in [-0.05, 0) is 24.6 Å². The summed E-state index contributed by atoms with van der Waals surface area (Å²) in [5, 5.41) is 5.24. The minimum Gasteiger partial charge on any atom is -0.328 e. The Bertz CT molecular complexity index is 890. The SMILES string of the molecule is Cc1ccc(C(=O)N2CC[NH+](Cc3ccccc3)CC2)cc1S(N)(=O)=O. The molecule has 1 fully saturated rings. The van der Waals surface area contributed by atoms with Crippen molar-refractivity contribution in [2.45, 2.75) is 18.4 Å². The molecule has 2 aromatic rings. The molecule has 0 bridgehead atoms. The average Bonchev–Trinajstić information content (AvgIpc) is 2.62. The number of benzene rings is 2. The van der Waals surface area contributed by atoms with Crippen molar-refractivity contribution >= 4 is 15.9 Å². The van der Waals surface area contributed by atoms with Crippen LogP contribution in [0.3, 0.4) is 0 Å². The number of rotatable bonds is 4. The van der Waals surface area contributed by atoms with Crippen molar-refractivity contribution in [2.24, 2.45) is 5.14 Å². The third-order valence-electron chi connectivity index (χ3n) is 4.80. The Balaban J connectivity index is 1.65. The van der Waals surface area contributed by atoms with Crippen molar-refractivity contribution in [3.05, 3.63) is 65.2 Å². The first-order valence-electron chi connectivity index (χ1n) is 8.65. The number of nitrogens with zero attached hydrogens (tertiary/aromatic N) is 1. The molecule has 1 saturated heterocycles. The van der Waals surface area contributed by atoms with Crippen LogP contribution in [0.5, 0.6) is 0 Å². The van der Waals surface area contributed by atoms with Gasteiger partial charge in [0.1, 0.15) is 6.54 Å². The van der Waals surface area contributed by atoms with Crippen LogP contribution < -0.4 is 10.0 Å². The first-order valence-corrected chi connectivity index (χ1v) is 10.2. The van der Waals surface area contributed by atoms with Gasteiger partial charge in [-0.3, -0.25) is 4.79 Å². The fourth-order valence-electron chi connectivity index (χ4n) is 3.31. The van der Waals surface area contributed by atoms with E-state index >= 15 is 0 Å². The highest BCUT2D eigenvalue weighted by atomic mass is 32.2. The molecular formula is C19H24N3O3S+.